The quantitative estimate of drug-likeness (QED) is 0.834. The van der Waals surface area contributed by atoms with E-state index in [1.807, 2.05) is 0 Å². The summed E-state index contributed by atoms with van der Waals surface area (Å²) < 4.78 is 5.48. The molecule has 0 aliphatic rings. The standard InChI is InChI=1S/C16H27NO/c1-6-16(13-18-5,12-17-15(2,3)4)14-10-8-7-9-11-14/h7-11,17H,6,12-13H2,1-5H3. The molecule has 0 amide bonds. The van der Waals surface area contributed by atoms with Crippen molar-refractivity contribution in [3.8, 4) is 0 Å². The minimum atomic E-state index is 0.0588. The molecule has 0 aliphatic heterocycles. The van der Waals surface area contributed by atoms with Crippen molar-refractivity contribution >= 4 is 0 Å². The minimum Gasteiger partial charge on any atom is -0.384 e. The maximum absolute atomic E-state index is 5.48. The Hall–Kier alpha value is -0.860. The third-order valence-corrected chi connectivity index (χ3v) is 3.44. The van der Waals surface area contributed by atoms with Crippen LogP contribution in [-0.2, 0) is 10.2 Å². The first-order valence-electron chi connectivity index (χ1n) is 6.73. The van der Waals surface area contributed by atoms with Gasteiger partial charge in [0.15, 0.2) is 0 Å². The van der Waals surface area contributed by atoms with Crippen LogP contribution in [0, 0.1) is 0 Å². The highest BCUT2D eigenvalue weighted by molar-refractivity contribution is 5.26. The second-order valence-electron chi connectivity index (χ2n) is 6.04. The lowest BCUT2D eigenvalue weighted by Crippen LogP contribution is -2.48. The lowest BCUT2D eigenvalue weighted by atomic mass is 9.78. The van der Waals surface area contributed by atoms with E-state index < -0.39 is 0 Å². The summed E-state index contributed by atoms with van der Waals surface area (Å²) in [4.78, 5) is 0. The van der Waals surface area contributed by atoms with Crippen molar-refractivity contribution in [2.75, 3.05) is 20.3 Å². The summed E-state index contributed by atoms with van der Waals surface area (Å²) in [6.45, 7) is 10.5. The second-order valence-corrected chi connectivity index (χ2v) is 6.04. The highest BCUT2D eigenvalue weighted by Crippen LogP contribution is 2.28. The number of ether oxygens (including phenoxy) is 1. The highest BCUT2D eigenvalue weighted by Gasteiger charge is 2.31. The molecule has 1 unspecified atom stereocenters. The van der Waals surface area contributed by atoms with Crippen LogP contribution in [0.3, 0.4) is 0 Å². The van der Waals surface area contributed by atoms with Gasteiger partial charge in [-0.1, -0.05) is 37.3 Å². The molecule has 2 nitrogen and oxygen atoms in total. The molecule has 0 fully saturated rings. The summed E-state index contributed by atoms with van der Waals surface area (Å²) >= 11 is 0. The Morgan fingerprint density at radius 1 is 1.11 bits per heavy atom. The zero-order chi connectivity index (χ0) is 13.6. The zero-order valence-electron chi connectivity index (χ0n) is 12.4. The first-order chi connectivity index (χ1) is 8.43. The molecule has 18 heavy (non-hydrogen) atoms. The summed E-state index contributed by atoms with van der Waals surface area (Å²) in [5, 5.41) is 3.62. The fourth-order valence-electron chi connectivity index (χ4n) is 2.17. The summed E-state index contributed by atoms with van der Waals surface area (Å²) in [5.74, 6) is 0. The van der Waals surface area contributed by atoms with E-state index in [4.69, 9.17) is 4.74 Å². The van der Waals surface area contributed by atoms with Crippen LogP contribution in [0.25, 0.3) is 0 Å². The normalized spacial score (nSPS) is 15.4. The summed E-state index contributed by atoms with van der Waals surface area (Å²) in [6, 6.07) is 10.7. The van der Waals surface area contributed by atoms with Crippen LogP contribution in [-0.4, -0.2) is 25.8 Å². The van der Waals surface area contributed by atoms with Crippen molar-refractivity contribution in [1.29, 1.82) is 0 Å². The van der Waals surface area contributed by atoms with E-state index in [-0.39, 0.29) is 11.0 Å². The van der Waals surface area contributed by atoms with Gasteiger partial charge in [-0.05, 0) is 32.8 Å². The number of hydrogen-bond acceptors (Lipinski definition) is 2. The van der Waals surface area contributed by atoms with Crippen LogP contribution >= 0.6 is 0 Å². The fourth-order valence-corrected chi connectivity index (χ4v) is 2.17. The SMILES string of the molecule is CCC(CNC(C)(C)C)(COC)c1ccccc1. The Balaban J connectivity index is 2.94. The van der Waals surface area contributed by atoms with Crippen LogP contribution < -0.4 is 5.32 Å². The molecular weight excluding hydrogens is 222 g/mol. The third kappa shape index (κ3) is 4.11. The predicted molar refractivity (Wildman–Crippen MR) is 78.0 cm³/mol. The van der Waals surface area contributed by atoms with Gasteiger partial charge in [0.25, 0.3) is 0 Å². The molecule has 0 spiro atoms. The van der Waals surface area contributed by atoms with Crippen molar-refractivity contribution in [3.63, 3.8) is 0 Å². The Bertz CT molecular complexity index is 342. The lowest BCUT2D eigenvalue weighted by molar-refractivity contribution is 0.120. The molecule has 2 heteroatoms. The van der Waals surface area contributed by atoms with Gasteiger partial charge in [0.2, 0.25) is 0 Å². The molecule has 0 bridgehead atoms. The van der Waals surface area contributed by atoms with Gasteiger partial charge in [0, 0.05) is 24.6 Å². The Labute approximate surface area is 112 Å². The number of rotatable bonds is 6. The van der Waals surface area contributed by atoms with Gasteiger partial charge in [0.1, 0.15) is 0 Å². The molecule has 1 atom stereocenters. The van der Waals surface area contributed by atoms with Gasteiger partial charge in [-0.3, -0.25) is 0 Å². The average molecular weight is 249 g/mol. The molecule has 0 aromatic heterocycles. The van der Waals surface area contributed by atoms with Crippen LogP contribution in [0.15, 0.2) is 30.3 Å². The predicted octanol–water partition coefficient (Wildman–Crippen LogP) is 3.37. The molecule has 1 aromatic carbocycles. The number of hydrogen-bond donors (Lipinski definition) is 1. The number of nitrogens with one attached hydrogen (secondary N) is 1. The van der Waals surface area contributed by atoms with Crippen molar-refractivity contribution in [2.24, 2.45) is 0 Å². The summed E-state index contributed by atoms with van der Waals surface area (Å²) in [5.41, 5.74) is 1.54. The maximum Gasteiger partial charge on any atom is 0.0571 e. The van der Waals surface area contributed by atoms with Crippen molar-refractivity contribution in [1.82, 2.24) is 5.32 Å². The Kier molecular flexibility index (Phi) is 5.36. The van der Waals surface area contributed by atoms with Gasteiger partial charge >= 0.3 is 0 Å². The molecular formula is C16H27NO. The third-order valence-electron chi connectivity index (χ3n) is 3.44. The van der Waals surface area contributed by atoms with Crippen molar-refractivity contribution in [2.45, 2.75) is 45.1 Å². The van der Waals surface area contributed by atoms with Gasteiger partial charge in [-0.2, -0.15) is 0 Å². The molecule has 1 aromatic rings. The fraction of sp³-hybridized carbons (Fsp3) is 0.625. The van der Waals surface area contributed by atoms with E-state index in [1.165, 1.54) is 5.56 Å². The molecule has 0 saturated carbocycles. The molecule has 1 rings (SSSR count). The number of methoxy groups -OCH3 is 1. The molecule has 0 aliphatic carbocycles. The summed E-state index contributed by atoms with van der Waals surface area (Å²) in [7, 11) is 1.78. The van der Waals surface area contributed by atoms with E-state index in [2.05, 4.69) is 63.3 Å². The molecule has 1 N–H and O–H groups in total. The second kappa shape index (κ2) is 6.35. The largest absolute Gasteiger partial charge is 0.384 e. The van der Waals surface area contributed by atoms with E-state index in [0.29, 0.717) is 0 Å². The van der Waals surface area contributed by atoms with E-state index in [9.17, 15) is 0 Å². The topological polar surface area (TPSA) is 21.3 Å². The Morgan fingerprint density at radius 2 is 1.72 bits per heavy atom. The average Bonchev–Trinajstić information content (AvgIpc) is 2.35. The first-order valence-corrected chi connectivity index (χ1v) is 6.73. The van der Waals surface area contributed by atoms with Crippen molar-refractivity contribution in [3.05, 3.63) is 35.9 Å². The van der Waals surface area contributed by atoms with Crippen LogP contribution in [0.5, 0.6) is 0 Å². The molecule has 0 radical (unpaired) electrons. The van der Waals surface area contributed by atoms with Gasteiger partial charge in [-0.15, -0.1) is 0 Å². The maximum atomic E-state index is 5.48. The van der Waals surface area contributed by atoms with E-state index >= 15 is 0 Å². The van der Waals surface area contributed by atoms with Crippen LogP contribution in [0.4, 0.5) is 0 Å². The van der Waals surface area contributed by atoms with Gasteiger partial charge < -0.3 is 10.1 Å². The van der Waals surface area contributed by atoms with Crippen LogP contribution in [0.2, 0.25) is 0 Å². The number of benzene rings is 1. The van der Waals surface area contributed by atoms with E-state index in [1.54, 1.807) is 7.11 Å². The van der Waals surface area contributed by atoms with E-state index in [0.717, 1.165) is 19.6 Å². The zero-order valence-corrected chi connectivity index (χ0v) is 12.4. The minimum absolute atomic E-state index is 0.0588. The molecule has 102 valence electrons. The molecule has 0 heterocycles. The van der Waals surface area contributed by atoms with Gasteiger partial charge in [-0.25, -0.2) is 0 Å². The van der Waals surface area contributed by atoms with Gasteiger partial charge in [0.05, 0.1) is 6.61 Å². The first kappa shape index (κ1) is 15.2. The highest BCUT2D eigenvalue weighted by atomic mass is 16.5. The van der Waals surface area contributed by atoms with Crippen LogP contribution in [0.1, 0.15) is 39.7 Å². The monoisotopic (exact) mass is 249 g/mol. The Morgan fingerprint density at radius 3 is 2.17 bits per heavy atom. The van der Waals surface area contributed by atoms with Crippen molar-refractivity contribution < 1.29 is 4.74 Å². The molecule has 0 saturated heterocycles. The smallest absolute Gasteiger partial charge is 0.0571 e. The lowest BCUT2D eigenvalue weighted by Gasteiger charge is -2.36. The summed E-state index contributed by atoms with van der Waals surface area (Å²) in [6.07, 6.45) is 1.06.